The van der Waals surface area contributed by atoms with E-state index in [0.29, 0.717) is 17.9 Å². The molecule has 5 nitrogen and oxygen atoms in total. The van der Waals surface area contributed by atoms with Gasteiger partial charge in [-0.3, -0.25) is 0 Å². The van der Waals surface area contributed by atoms with Crippen molar-refractivity contribution in [3.05, 3.63) is 53.1 Å². The topological polar surface area (TPSA) is 78.8 Å². The number of anilines is 1. The van der Waals surface area contributed by atoms with Crippen LogP contribution in [0.3, 0.4) is 0 Å². The Kier molecular flexibility index (Phi) is 4.33. The van der Waals surface area contributed by atoms with Crippen molar-refractivity contribution in [1.82, 2.24) is 0 Å². The summed E-state index contributed by atoms with van der Waals surface area (Å²) in [5.41, 5.74) is 2.66. The van der Waals surface area contributed by atoms with Crippen LogP contribution in [0.4, 0.5) is 5.69 Å². The van der Waals surface area contributed by atoms with Crippen LogP contribution in [0.2, 0.25) is 0 Å². The smallest absolute Gasteiger partial charge is 0.336 e. The van der Waals surface area contributed by atoms with Crippen LogP contribution in [0.25, 0.3) is 0 Å². The molecule has 5 heteroatoms. The molecule has 0 saturated heterocycles. The van der Waals surface area contributed by atoms with Gasteiger partial charge in [0, 0.05) is 12.2 Å². The molecule has 0 aliphatic heterocycles. The van der Waals surface area contributed by atoms with Gasteiger partial charge in [0.15, 0.2) is 11.5 Å². The fourth-order valence-corrected chi connectivity index (χ4v) is 2.09. The van der Waals surface area contributed by atoms with E-state index in [1.165, 1.54) is 7.11 Å². The van der Waals surface area contributed by atoms with E-state index in [1.54, 1.807) is 37.3 Å². The first-order valence-corrected chi connectivity index (χ1v) is 6.45. The maximum atomic E-state index is 11.1. The summed E-state index contributed by atoms with van der Waals surface area (Å²) in [7, 11) is 1.49. The van der Waals surface area contributed by atoms with Crippen molar-refractivity contribution in [2.45, 2.75) is 13.5 Å². The number of benzene rings is 2. The Morgan fingerprint density at radius 1 is 1.29 bits per heavy atom. The van der Waals surface area contributed by atoms with Gasteiger partial charge in [0.2, 0.25) is 0 Å². The highest BCUT2D eigenvalue weighted by Crippen LogP contribution is 2.27. The highest BCUT2D eigenvalue weighted by Gasteiger charge is 2.10. The van der Waals surface area contributed by atoms with Crippen LogP contribution in [0.15, 0.2) is 36.4 Å². The average molecular weight is 287 g/mol. The number of carbonyl (C=O) groups is 1. The van der Waals surface area contributed by atoms with E-state index in [4.69, 9.17) is 9.84 Å². The number of rotatable bonds is 5. The SMILES string of the molecule is COc1cc(CNc2cccc(C(=O)O)c2C)ccc1O. The fourth-order valence-electron chi connectivity index (χ4n) is 2.09. The van der Waals surface area contributed by atoms with Crippen LogP contribution >= 0.6 is 0 Å². The zero-order valence-corrected chi connectivity index (χ0v) is 11.9. The lowest BCUT2D eigenvalue weighted by Gasteiger charge is -2.12. The molecule has 2 rings (SSSR count). The van der Waals surface area contributed by atoms with Gasteiger partial charge in [-0.15, -0.1) is 0 Å². The van der Waals surface area contributed by atoms with E-state index in [1.807, 2.05) is 6.07 Å². The third-order valence-electron chi connectivity index (χ3n) is 3.29. The summed E-state index contributed by atoms with van der Waals surface area (Å²) < 4.78 is 5.06. The van der Waals surface area contributed by atoms with Crippen LogP contribution in [0.1, 0.15) is 21.5 Å². The molecule has 0 bridgehead atoms. The minimum atomic E-state index is -0.942. The van der Waals surface area contributed by atoms with Gasteiger partial charge in [0.1, 0.15) is 0 Å². The minimum absolute atomic E-state index is 0.0882. The van der Waals surface area contributed by atoms with Crippen molar-refractivity contribution >= 4 is 11.7 Å². The zero-order valence-electron chi connectivity index (χ0n) is 11.9. The number of aromatic carboxylic acids is 1. The molecule has 0 radical (unpaired) electrons. The molecule has 0 fully saturated rings. The molecule has 0 saturated carbocycles. The molecule has 0 aromatic heterocycles. The molecule has 2 aromatic carbocycles. The number of aromatic hydroxyl groups is 1. The van der Waals surface area contributed by atoms with Gasteiger partial charge in [-0.05, 0) is 42.3 Å². The average Bonchev–Trinajstić information content (AvgIpc) is 2.47. The lowest BCUT2D eigenvalue weighted by molar-refractivity contribution is 0.0696. The highest BCUT2D eigenvalue weighted by molar-refractivity contribution is 5.91. The maximum absolute atomic E-state index is 11.1. The minimum Gasteiger partial charge on any atom is -0.504 e. The Morgan fingerprint density at radius 3 is 2.71 bits per heavy atom. The van der Waals surface area contributed by atoms with Gasteiger partial charge < -0.3 is 20.3 Å². The largest absolute Gasteiger partial charge is 0.504 e. The number of methoxy groups -OCH3 is 1. The first kappa shape index (κ1) is 14.7. The molecule has 110 valence electrons. The Morgan fingerprint density at radius 2 is 2.05 bits per heavy atom. The number of phenolic OH excluding ortho intramolecular Hbond substituents is 1. The van der Waals surface area contributed by atoms with E-state index in [9.17, 15) is 9.90 Å². The molecule has 0 amide bonds. The Bertz CT molecular complexity index is 667. The van der Waals surface area contributed by atoms with Crippen LogP contribution in [0, 0.1) is 6.92 Å². The summed E-state index contributed by atoms with van der Waals surface area (Å²) in [5, 5.41) is 21.8. The number of carboxylic acids is 1. The maximum Gasteiger partial charge on any atom is 0.336 e. The van der Waals surface area contributed by atoms with E-state index in [-0.39, 0.29) is 11.3 Å². The van der Waals surface area contributed by atoms with Gasteiger partial charge in [-0.2, -0.15) is 0 Å². The Labute approximate surface area is 122 Å². The predicted octanol–water partition coefficient (Wildman–Crippen LogP) is 3.02. The summed E-state index contributed by atoms with van der Waals surface area (Å²) in [4.78, 5) is 11.1. The summed E-state index contributed by atoms with van der Waals surface area (Å²) in [6.45, 7) is 2.27. The molecule has 0 aliphatic carbocycles. The molecule has 0 spiro atoms. The Balaban J connectivity index is 2.17. The lowest BCUT2D eigenvalue weighted by atomic mass is 10.1. The fraction of sp³-hybridized carbons (Fsp3) is 0.188. The summed E-state index contributed by atoms with van der Waals surface area (Å²) in [6.07, 6.45) is 0. The predicted molar refractivity (Wildman–Crippen MR) is 80.1 cm³/mol. The molecule has 0 unspecified atom stereocenters. The van der Waals surface area contributed by atoms with Gasteiger partial charge in [0.05, 0.1) is 12.7 Å². The quantitative estimate of drug-likeness (QED) is 0.787. The number of carboxylic acid groups (broad SMARTS) is 1. The van der Waals surface area contributed by atoms with Crippen LogP contribution in [-0.2, 0) is 6.54 Å². The van der Waals surface area contributed by atoms with Crippen molar-refractivity contribution in [1.29, 1.82) is 0 Å². The first-order valence-electron chi connectivity index (χ1n) is 6.45. The second-order valence-electron chi connectivity index (χ2n) is 4.64. The molecule has 0 atom stereocenters. The van der Waals surface area contributed by atoms with Crippen molar-refractivity contribution in [3.8, 4) is 11.5 Å². The molecule has 21 heavy (non-hydrogen) atoms. The monoisotopic (exact) mass is 287 g/mol. The number of phenols is 1. The van der Waals surface area contributed by atoms with Crippen molar-refractivity contribution < 1.29 is 19.7 Å². The molecule has 2 aromatic rings. The van der Waals surface area contributed by atoms with Crippen molar-refractivity contribution in [3.63, 3.8) is 0 Å². The molecule has 3 N–H and O–H groups in total. The number of nitrogens with one attached hydrogen (secondary N) is 1. The van der Waals surface area contributed by atoms with Gasteiger partial charge in [-0.25, -0.2) is 4.79 Å². The van der Waals surface area contributed by atoms with Crippen molar-refractivity contribution in [2.24, 2.45) is 0 Å². The van der Waals surface area contributed by atoms with Crippen LogP contribution in [0.5, 0.6) is 11.5 Å². The number of ether oxygens (including phenoxy) is 1. The second-order valence-corrected chi connectivity index (χ2v) is 4.64. The third kappa shape index (κ3) is 3.25. The molecular formula is C16H17NO4. The standard InChI is InChI=1S/C16H17NO4/c1-10-12(16(19)20)4-3-5-13(10)17-9-11-6-7-14(18)15(8-11)21-2/h3-8,17-18H,9H2,1-2H3,(H,19,20). The molecule has 0 aliphatic rings. The van der Waals surface area contributed by atoms with Gasteiger partial charge in [0.25, 0.3) is 0 Å². The van der Waals surface area contributed by atoms with Crippen LogP contribution < -0.4 is 10.1 Å². The second kappa shape index (κ2) is 6.17. The number of hydrogen-bond acceptors (Lipinski definition) is 4. The summed E-state index contributed by atoms with van der Waals surface area (Å²) in [5.74, 6) is -0.446. The van der Waals surface area contributed by atoms with E-state index < -0.39 is 5.97 Å². The zero-order chi connectivity index (χ0) is 15.4. The van der Waals surface area contributed by atoms with Gasteiger partial charge in [-0.1, -0.05) is 12.1 Å². The number of hydrogen-bond donors (Lipinski definition) is 3. The highest BCUT2D eigenvalue weighted by atomic mass is 16.5. The van der Waals surface area contributed by atoms with E-state index in [0.717, 1.165) is 11.3 Å². The molecular weight excluding hydrogens is 270 g/mol. The first-order chi connectivity index (χ1) is 10.0. The van der Waals surface area contributed by atoms with Crippen molar-refractivity contribution in [2.75, 3.05) is 12.4 Å². The molecule has 0 heterocycles. The Hall–Kier alpha value is -2.69. The summed E-state index contributed by atoms with van der Waals surface area (Å²) in [6, 6.07) is 10.2. The van der Waals surface area contributed by atoms with E-state index >= 15 is 0 Å². The van der Waals surface area contributed by atoms with E-state index in [2.05, 4.69) is 5.32 Å². The van der Waals surface area contributed by atoms with Crippen LogP contribution in [-0.4, -0.2) is 23.3 Å². The lowest BCUT2D eigenvalue weighted by Crippen LogP contribution is -2.05. The normalized spacial score (nSPS) is 10.2. The third-order valence-corrected chi connectivity index (χ3v) is 3.29. The summed E-state index contributed by atoms with van der Waals surface area (Å²) >= 11 is 0. The van der Waals surface area contributed by atoms with Gasteiger partial charge >= 0.3 is 5.97 Å².